The van der Waals surface area contributed by atoms with Crippen LogP contribution in [0.15, 0.2) is 12.2 Å². The molecule has 0 aliphatic heterocycles. The monoisotopic (exact) mass is 745 g/mol. The van der Waals surface area contributed by atoms with Gasteiger partial charge in [-0.05, 0) is 38.5 Å². The predicted molar refractivity (Wildman–Crippen MR) is 215 cm³/mol. The van der Waals surface area contributed by atoms with Gasteiger partial charge in [0.25, 0.3) is 7.82 Å². The summed E-state index contributed by atoms with van der Waals surface area (Å²) in [5.41, 5.74) is 0. The zero-order chi connectivity index (χ0) is 37.9. The molecular weight excluding hydrogens is 659 g/mol. The highest BCUT2D eigenvalue weighted by Crippen LogP contribution is 2.38. The van der Waals surface area contributed by atoms with E-state index in [1.54, 1.807) is 0 Å². The molecule has 0 radical (unpaired) electrons. The summed E-state index contributed by atoms with van der Waals surface area (Å²) < 4.78 is 23.2. The summed E-state index contributed by atoms with van der Waals surface area (Å²) in [7, 11) is 1.30. The molecule has 2 N–H and O–H groups in total. The molecule has 8 nitrogen and oxygen atoms in total. The molecule has 0 heterocycles. The number of aliphatic hydroxyl groups excluding tert-OH is 1. The standard InChI is InChI=1S/C42H85N2O6P/c1-6-8-10-12-14-16-18-20-21-22-24-25-27-29-31-33-35-41(45)40(39-50-51(47,48)49-38-37-44(3,4)5)43-42(46)36-34-32-30-28-26-23-19-17-15-13-11-9-7-2/h17,19,40-41,45H,6-16,18,20-39H2,1-5H3,(H-,43,46,47,48)/b19-17+/t40-,41+/m0/s1. The molecule has 3 atom stereocenters. The lowest BCUT2D eigenvalue weighted by Gasteiger charge is -2.30. The molecule has 0 aromatic heterocycles. The lowest BCUT2D eigenvalue weighted by atomic mass is 10.0. The number of aliphatic hydroxyl groups is 1. The molecule has 0 fully saturated rings. The number of nitrogens with zero attached hydrogens (tertiary/aromatic N) is 1. The topological polar surface area (TPSA) is 108 Å². The highest BCUT2D eigenvalue weighted by atomic mass is 31.2. The van der Waals surface area contributed by atoms with Crippen LogP contribution in [0.1, 0.15) is 200 Å². The molecule has 0 bridgehead atoms. The minimum absolute atomic E-state index is 0.0123. The number of nitrogens with one attached hydrogen (secondary N) is 1. The number of carbonyl (C=O) groups excluding carboxylic acids is 1. The third-order valence-electron chi connectivity index (χ3n) is 9.75. The van der Waals surface area contributed by atoms with Gasteiger partial charge in [-0.2, -0.15) is 0 Å². The minimum atomic E-state index is -4.56. The van der Waals surface area contributed by atoms with Gasteiger partial charge in [-0.15, -0.1) is 0 Å². The summed E-state index contributed by atoms with van der Waals surface area (Å²) >= 11 is 0. The smallest absolute Gasteiger partial charge is 0.268 e. The number of unbranched alkanes of at least 4 members (excludes halogenated alkanes) is 24. The lowest BCUT2D eigenvalue weighted by molar-refractivity contribution is -0.870. The van der Waals surface area contributed by atoms with Crippen molar-refractivity contribution in [2.75, 3.05) is 40.9 Å². The normalized spacial score (nSPS) is 14.6. The number of rotatable bonds is 39. The highest BCUT2D eigenvalue weighted by molar-refractivity contribution is 7.45. The van der Waals surface area contributed by atoms with Crippen LogP contribution in [0.3, 0.4) is 0 Å². The van der Waals surface area contributed by atoms with E-state index < -0.39 is 20.0 Å². The molecule has 1 amide bonds. The molecular formula is C42H85N2O6P. The Morgan fingerprint density at radius 3 is 1.55 bits per heavy atom. The third kappa shape index (κ3) is 37.4. The highest BCUT2D eigenvalue weighted by Gasteiger charge is 2.24. The Hall–Kier alpha value is -0.760. The molecule has 304 valence electrons. The van der Waals surface area contributed by atoms with E-state index in [2.05, 4.69) is 31.3 Å². The Labute approximate surface area is 316 Å². The van der Waals surface area contributed by atoms with Gasteiger partial charge >= 0.3 is 0 Å². The van der Waals surface area contributed by atoms with Crippen molar-refractivity contribution in [1.82, 2.24) is 5.32 Å². The zero-order valence-corrected chi connectivity index (χ0v) is 35.2. The largest absolute Gasteiger partial charge is 0.756 e. The molecule has 0 aliphatic carbocycles. The van der Waals surface area contributed by atoms with E-state index in [-0.39, 0.29) is 19.1 Å². The number of hydrogen-bond acceptors (Lipinski definition) is 6. The second-order valence-corrected chi connectivity index (χ2v) is 17.5. The summed E-state index contributed by atoms with van der Waals surface area (Å²) in [6.45, 7) is 4.70. The molecule has 0 rings (SSSR count). The fourth-order valence-corrected chi connectivity index (χ4v) is 6.99. The average molecular weight is 745 g/mol. The van der Waals surface area contributed by atoms with Crippen LogP contribution in [0.5, 0.6) is 0 Å². The molecule has 0 aromatic carbocycles. The quantitative estimate of drug-likeness (QED) is 0.0281. The number of amides is 1. The van der Waals surface area contributed by atoms with E-state index in [1.165, 1.54) is 122 Å². The van der Waals surface area contributed by atoms with Gasteiger partial charge < -0.3 is 28.8 Å². The lowest BCUT2D eigenvalue weighted by Crippen LogP contribution is -2.46. The van der Waals surface area contributed by atoms with Crippen LogP contribution in [0.2, 0.25) is 0 Å². The van der Waals surface area contributed by atoms with Crippen molar-refractivity contribution in [1.29, 1.82) is 0 Å². The van der Waals surface area contributed by atoms with Gasteiger partial charge in [-0.1, -0.05) is 167 Å². The van der Waals surface area contributed by atoms with Crippen molar-refractivity contribution in [3.63, 3.8) is 0 Å². The Kier molecular flexibility index (Phi) is 34.5. The molecule has 9 heteroatoms. The minimum Gasteiger partial charge on any atom is -0.756 e. The number of phosphoric acid groups is 1. The summed E-state index contributed by atoms with van der Waals surface area (Å²) in [6.07, 6.45) is 37.8. The van der Waals surface area contributed by atoms with E-state index >= 15 is 0 Å². The van der Waals surface area contributed by atoms with Crippen LogP contribution >= 0.6 is 7.82 Å². The number of hydrogen-bond donors (Lipinski definition) is 2. The number of carbonyl (C=O) groups is 1. The number of likely N-dealkylation sites (N-methyl/N-ethyl adjacent to an activating group) is 1. The van der Waals surface area contributed by atoms with Crippen molar-refractivity contribution in [3.05, 3.63) is 12.2 Å². The average Bonchev–Trinajstić information content (AvgIpc) is 3.07. The van der Waals surface area contributed by atoms with Crippen LogP contribution in [0, 0.1) is 0 Å². The number of phosphoric ester groups is 1. The molecule has 51 heavy (non-hydrogen) atoms. The molecule has 1 unspecified atom stereocenters. The first-order chi connectivity index (χ1) is 24.5. The van der Waals surface area contributed by atoms with Gasteiger partial charge in [0.1, 0.15) is 13.2 Å². The Bertz CT molecular complexity index is 850. The molecule has 0 saturated heterocycles. The van der Waals surface area contributed by atoms with Gasteiger partial charge in [0.15, 0.2) is 0 Å². The Balaban J connectivity index is 4.39. The fraction of sp³-hybridized carbons (Fsp3) is 0.929. The first-order valence-electron chi connectivity index (χ1n) is 21.5. The Morgan fingerprint density at radius 2 is 1.08 bits per heavy atom. The number of quaternary nitrogens is 1. The SMILES string of the molecule is CCCCCC/C=C/CCCCCCCC(=O)N[C@@H](COP(=O)([O-])OCC[N+](C)(C)C)[C@H](O)CCCCCCCCCCCCCCCCCC. The maximum absolute atomic E-state index is 12.8. The fourth-order valence-electron chi connectivity index (χ4n) is 6.27. The first kappa shape index (κ1) is 50.2. The van der Waals surface area contributed by atoms with E-state index in [1.807, 2.05) is 21.1 Å². The second-order valence-electron chi connectivity index (χ2n) is 16.1. The van der Waals surface area contributed by atoms with E-state index in [4.69, 9.17) is 9.05 Å². The van der Waals surface area contributed by atoms with Crippen LogP contribution in [-0.4, -0.2) is 68.5 Å². The third-order valence-corrected chi connectivity index (χ3v) is 10.7. The predicted octanol–water partition coefficient (Wildman–Crippen LogP) is 10.9. The zero-order valence-electron chi connectivity index (χ0n) is 34.3. The molecule has 0 saturated carbocycles. The summed E-state index contributed by atoms with van der Waals surface area (Å²) in [5.74, 6) is -0.174. The first-order valence-corrected chi connectivity index (χ1v) is 23.0. The second kappa shape index (κ2) is 35.0. The summed E-state index contributed by atoms with van der Waals surface area (Å²) in [4.78, 5) is 25.3. The van der Waals surface area contributed by atoms with Crippen molar-refractivity contribution < 1.29 is 32.9 Å². The van der Waals surface area contributed by atoms with Crippen molar-refractivity contribution >= 4 is 13.7 Å². The maximum Gasteiger partial charge on any atom is 0.268 e. The van der Waals surface area contributed by atoms with Crippen LogP contribution < -0.4 is 10.2 Å². The number of allylic oxidation sites excluding steroid dienone is 2. The van der Waals surface area contributed by atoms with Crippen LogP contribution in [0.25, 0.3) is 0 Å². The Morgan fingerprint density at radius 1 is 0.667 bits per heavy atom. The summed E-state index contributed by atoms with van der Waals surface area (Å²) in [5, 5.41) is 13.9. The molecule has 0 spiro atoms. The maximum atomic E-state index is 12.8. The van der Waals surface area contributed by atoms with E-state index in [0.29, 0.717) is 23.9 Å². The summed E-state index contributed by atoms with van der Waals surface area (Å²) in [6, 6.07) is -0.799. The van der Waals surface area contributed by atoms with Crippen molar-refractivity contribution in [2.45, 2.75) is 212 Å². The molecule has 0 aliphatic rings. The van der Waals surface area contributed by atoms with Gasteiger partial charge in [0.05, 0.1) is 39.9 Å². The van der Waals surface area contributed by atoms with Gasteiger partial charge in [0, 0.05) is 6.42 Å². The van der Waals surface area contributed by atoms with Gasteiger partial charge in [0.2, 0.25) is 5.91 Å². The van der Waals surface area contributed by atoms with Crippen LogP contribution in [0.4, 0.5) is 0 Å². The van der Waals surface area contributed by atoms with Gasteiger partial charge in [-0.3, -0.25) is 9.36 Å². The van der Waals surface area contributed by atoms with Crippen molar-refractivity contribution in [3.8, 4) is 0 Å². The molecule has 0 aromatic rings. The van der Waals surface area contributed by atoms with Crippen molar-refractivity contribution in [2.24, 2.45) is 0 Å². The van der Waals surface area contributed by atoms with E-state index in [0.717, 1.165) is 51.4 Å². The van der Waals surface area contributed by atoms with Gasteiger partial charge in [-0.25, -0.2) is 0 Å². The van der Waals surface area contributed by atoms with Crippen LogP contribution in [-0.2, 0) is 18.4 Å². The van der Waals surface area contributed by atoms with E-state index in [9.17, 15) is 19.4 Å².